The third kappa shape index (κ3) is 5.90. The lowest BCUT2D eigenvalue weighted by molar-refractivity contribution is 0.0697. The highest BCUT2D eigenvalue weighted by atomic mass is 35.5. The number of nitrogens with zero attached hydrogens (tertiary/aromatic N) is 1. The smallest absolute Gasteiger partial charge is 0.335 e. The van der Waals surface area contributed by atoms with Crippen LogP contribution in [0.1, 0.15) is 16.8 Å². The van der Waals surface area contributed by atoms with Gasteiger partial charge >= 0.3 is 12.0 Å². The van der Waals surface area contributed by atoms with Crippen LogP contribution in [0.5, 0.6) is 0 Å². The van der Waals surface area contributed by atoms with Crippen molar-refractivity contribution < 1.29 is 14.7 Å². The fraction of sp³-hybridized carbons (Fsp3) is 0.385. The number of halogens is 1. The van der Waals surface area contributed by atoms with E-state index in [-0.39, 0.29) is 16.6 Å². The maximum absolute atomic E-state index is 11.6. The Kier molecular flexibility index (Phi) is 6.27. The van der Waals surface area contributed by atoms with E-state index in [9.17, 15) is 9.59 Å². The lowest BCUT2D eigenvalue weighted by Crippen LogP contribution is -2.31. The van der Waals surface area contributed by atoms with Gasteiger partial charge in [-0.15, -0.1) is 0 Å². The molecule has 0 spiro atoms. The first-order valence-corrected chi connectivity index (χ1v) is 6.50. The SMILES string of the molecule is CN(C)CCCNC(=O)Nc1cc(Cl)cc(C(=O)O)c1. The summed E-state index contributed by atoms with van der Waals surface area (Å²) >= 11 is 5.80. The lowest BCUT2D eigenvalue weighted by Gasteiger charge is -2.11. The molecule has 110 valence electrons. The first-order chi connectivity index (χ1) is 9.38. The molecule has 3 N–H and O–H groups in total. The van der Waals surface area contributed by atoms with Gasteiger partial charge in [0.2, 0.25) is 0 Å². The van der Waals surface area contributed by atoms with Crippen molar-refractivity contribution in [1.29, 1.82) is 0 Å². The predicted molar refractivity (Wildman–Crippen MR) is 78.6 cm³/mol. The van der Waals surface area contributed by atoms with Crippen LogP contribution in [0.25, 0.3) is 0 Å². The van der Waals surface area contributed by atoms with Gasteiger partial charge in [0.1, 0.15) is 0 Å². The Hall–Kier alpha value is -1.79. The number of amides is 2. The average Bonchev–Trinajstić information content (AvgIpc) is 2.33. The molecule has 6 nitrogen and oxygen atoms in total. The lowest BCUT2D eigenvalue weighted by atomic mass is 10.2. The molecule has 7 heteroatoms. The summed E-state index contributed by atoms with van der Waals surface area (Å²) < 4.78 is 0. The second-order valence-electron chi connectivity index (χ2n) is 4.57. The summed E-state index contributed by atoms with van der Waals surface area (Å²) in [4.78, 5) is 24.5. The number of carbonyl (C=O) groups is 2. The van der Waals surface area contributed by atoms with Gasteiger partial charge in [-0.25, -0.2) is 9.59 Å². The summed E-state index contributed by atoms with van der Waals surface area (Å²) in [5.41, 5.74) is 0.375. The van der Waals surface area contributed by atoms with Crippen LogP contribution in [0.2, 0.25) is 5.02 Å². The third-order valence-electron chi connectivity index (χ3n) is 2.47. The molecule has 0 fully saturated rings. The summed E-state index contributed by atoms with van der Waals surface area (Å²) in [6.07, 6.45) is 0.830. The molecule has 0 atom stereocenters. The molecular formula is C13H18ClN3O3. The summed E-state index contributed by atoms with van der Waals surface area (Å²) in [6.45, 7) is 1.41. The number of urea groups is 1. The molecule has 0 aromatic heterocycles. The Morgan fingerprint density at radius 3 is 2.60 bits per heavy atom. The molecule has 1 aromatic carbocycles. The Bertz CT molecular complexity index is 492. The van der Waals surface area contributed by atoms with E-state index in [1.54, 1.807) is 0 Å². The number of carbonyl (C=O) groups excluding carboxylic acids is 1. The summed E-state index contributed by atoms with van der Waals surface area (Å²) in [5, 5.41) is 14.4. The number of benzene rings is 1. The number of aromatic carboxylic acids is 1. The van der Waals surface area contributed by atoms with E-state index in [4.69, 9.17) is 16.7 Å². The van der Waals surface area contributed by atoms with Crippen LogP contribution in [0.3, 0.4) is 0 Å². The highest BCUT2D eigenvalue weighted by Gasteiger charge is 2.08. The highest BCUT2D eigenvalue weighted by molar-refractivity contribution is 6.31. The van der Waals surface area contributed by atoms with Gasteiger partial charge in [0.05, 0.1) is 5.56 Å². The second kappa shape index (κ2) is 7.72. The van der Waals surface area contributed by atoms with E-state index >= 15 is 0 Å². The van der Waals surface area contributed by atoms with Gasteiger partial charge in [0, 0.05) is 17.3 Å². The molecule has 0 saturated heterocycles. The zero-order chi connectivity index (χ0) is 15.1. The zero-order valence-corrected chi connectivity index (χ0v) is 12.2. The van der Waals surface area contributed by atoms with E-state index in [0.29, 0.717) is 12.2 Å². The van der Waals surface area contributed by atoms with Crippen molar-refractivity contribution in [3.05, 3.63) is 28.8 Å². The maximum Gasteiger partial charge on any atom is 0.335 e. The van der Waals surface area contributed by atoms with Crippen molar-refractivity contribution in [2.75, 3.05) is 32.5 Å². The minimum atomic E-state index is -1.10. The number of hydrogen-bond donors (Lipinski definition) is 3. The quantitative estimate of drug-likeness (QED) is 0.703. The molecule has 0 bridgehead atoms. The molecule has 0 heterocycles. The van der Waals surface area contributed by atoms with Gasteiger partial charge in [-0.3, -0.25) is 0 Å². The van der Waals surface area contributed by atoms with E-state index in [2.05, 4.69) is 10.6 Å². The minimum absolute atomic E-state index is 0.0282. The molecular weight excluding hydrogens is 282 g/mol. The number of carboxylic acid groups (broad SMARTS) is 1. The molecule has 2 amide bonds. The molecule has 0 aliphatic carbocycles. The highest BCUT2D eigenvalue weighted by Crippen LogP contribution is 2.19. The van der Waals surface area contributed by atoms with Gasteiger partial charge in [0.15, 0.2) is 0 Å². The van der Waals surface area contributed by atoms with Crippen LogP contribution >= 0.6 is 11.6 Å². The van der Waals surface area contributed by atoms with Gasteiger partial charge in [-0.1, -0.05) is 11.6 Å². The van der Waals surface area contributed by atoms with Crippen LogP contribution in [0.4, 0.5) is 10.5 Å². The molecule has 1 aromatic rings. The number of hydrogen-bond acceptors (Lipinski definition) is 3. The Morgan fingerprint density at radius 2 is 2.00 bits per heavy atom. The number of carboxylic acids is 1. The largest absolute Gasteiger partial charge is 0.478 e. The standard InChI is InChI=1S/C13H18ClN3O3/c1-17(2)5-3-4-15-13(20)16-11-7-9(12(18)19)6-10(14)8-11/h6-8H,3-5H2,1-2H3,(H,18,19)(H2,15,16,20). The zero-order valence-electron chi connectivity index (χ0n) is 11.4. The van der Waals surface area contributed by atoms with Crippen molar-refractivity contribution in [2.45, 2.75) is 6.42 Å². The fourth-order valence-electron chi connectivity index (χ4n) is 1.56. The molecule has 0 saturated carbocycles. The molecule has 0 aliphatic rings. The Labute approximate surface area is 122 Å². The Balaban J connectivity index is 2.51. The predicted octanol–water partition coefficient (Wildman–Crippen LogP) is 2.11. The summed E-state index contributed by atoms with van der Waals surface area (Å²) in [6, 6.07) is 3.78. The normalized spacial score (nSPS) is 10.4. The minimum Gasteiger partial charge on any atom is -0.478 e. The van der Waals surface area contributed by atoms with Gasteiger partial charge < -0.3 is 20.6 Å². The molecule has 0 radical (unpaired) electrons. The van der Waals surface area contributed by atoms with Crippen molar-refractivity contribution in [2.24, 2.45) is 0 Å². The van der Waals surface area contributed by atoms with Crippen LogP contribution in [-0.4, -0.2) is 49.2 Å². The van der Waals surface area contributed by atoms with Crippen LogP contribution in [-0.2, 0) is 0 Å². The van der Waals surface area contributed by atoms with Crippen LogP contribution in [0, 0.1) is 0 Å². The number of nitrogens with one attached hydrogen (secondary N) is 2. The second-order valence-corrected chi connectivity index (χ2v) is 5.01. The molecule has 1 rings (SSSR count). The molecule has 20 heavy (non-hydrogen) atoms. The van der Waals surface area contributed by atoms with Crippen molar-refractivity contribution >= 4 is 29.3 Å². The van der Waals surface area contributed by atoms with E-state index in [1.165, 1.54) is 18.2 Å². The van der Waals surface area contributed by atoms with Crippen molar-refractivity contribution in [3.63, 3.8) is 0 Å². The topological polar surface area (TPSA) is 81.7 Å². The van der Waals surface area contributed by atoms with Gasteiger partial charge in [-0.2, -0.15) is 0 Å². The fourth-order valence-corrected chi connectivity index (χ4v) is 1.79. The van der Waals surface area contributed by atoms with Crippen molar-refractivity contribution in [1.82, 2.24) is 10.2 Å². The summed E-state index contributed by atoms with van der Waals surface area (Å²) in [7, 11) is 3.92. The molecule has 0 aliphatic heterocycles. The monoisotopic (exact) mass is 299 g/mol. The first-order valence-electron chi connectivity index (χ1n) is 6.12. The maximum atomic E-state index is 11.6. The Morgan fingerprint density at radius 1 is 1.30 bits per heavy atom. The van der Waals surface area contributed by atoms with E-state index in [0.717, 1.165) is 13.0 Å². The molecule has 0 unspecified atom stereocenters. The first kappa shape index (κ1) is 16.3. The van der Waals surface area contributed by atoms with Crippen LogP contribution < -0.4 is 10.6 Å². The summed E-state index contributed by atoms with van der Waals surface area (Å²) in [5.74, 6) is -1.10. The van der Waals surface area contributed by atoms with E-state index < -0.39 is 5.97 Å². The van der Waals surface area contributed by atoms with E-state index in [1.807, 2.05) is 19.0 Å². The van der Waals surface area contributed by atoms with Gasteiger partial charge in [-0.05, 0) is 45.3 Å². The third-order valence-corrected chi connectivity index (χ3v) is 2.69. The number of rotatable bonds is 6. The average molecular weight is 300 g/mol. The van der Waals surface area contributed by atoms with Crippen LogP contribution in [0.15, 0.2) is 18.2 Å². The van der Waals surface area contributed by atoms with Crippen molar-refractivity contribution in [3.8, 4) is 0 Å². The number of anilines is 1. The van der Waals surface area contributed by atoms with Gasteiger partial charge in [0.25, 0.3) is 0 Å².